The summed E-state index contributed by atoms with van der Waals surface area (Å²) in [4.78, 5) is 17.5. The van der Waals surface area contributed by atoms with Gasteiger partial charge in [0.05, 0.1) is 0 Å². The number of nitrogens with one attached hydrogen (secondary N) is 1. The normalized spacial score (nSPS) is 12.1. The van der Waals surface area contributed by atoms with Gasteiger partial charge in [0.1, 0.15) is 11.3 Å². The molecule has 0 fully saturated rings. The number of ether oxygens (including phenoxy) is 1. The van der Waals surface area contributed by atoms with Gasteiger partial charge in [-0.1, -0.05) is 48.8 Å². The van der Waals surface area contributed by atoms with E-state index in [1.165, 1.54) is 5.56 Å². The average molecular weight is 507 g/mol. The maximum Gasteiger partial charge on any atom is 0.267 e. The van der Waals surface area contributed by atoms with Crippen molar-refractivity contribution in [1.29, 1.82) is 0 Å². The molecule has 0 atom stereocenters. The number of amides is 1. The first-order chi connectivity index (χ1) is 15.5. The number of hydrogen-bond acceptors (Lipinski definition) is 4. The van der Waals surface area contributed by atoms with Crippen molar-refractivity contribution in [3.8, 4) is 17.2 Å². The fraction of sp³-hybridized carbons (Fsp3) is 0.259. The first kappa shape index (κ1) is 23.1. The summed E-state index contributed by atoms with van der Waals surface area (Å²) in [5.74, 6) is 0.909. The van der Waals surface area contributed by atoms with Crippen LogP contribution in [0.2, 0.25) is 0 Å². The third kappa shape index (κ3) is 5.28. The van der Waals surface area contributed by atoms with Crippen molar-refractivity contribution in [3.63, 3.8) is 0 Å². The summed E-state index contributed by atoms with van der Waals surface area (Å²) in [6.07, 6.45) is 0. The Kier molecular flexibility index (Phi) is 6.06. The van der Waals surface area contributed by atoms with Gasteiger partial charge in [-0.25, -0.2) is 4.98 Å². The van der Waals surface area contributed by atoms with Crippen LogP contribution in [-0.4, -0.2) is 16.5 Å². The van der Waals surface area contributed by atoms with Gasteiger partial charge in [0.15, 0.2) is 11.2 Å². The predicted molar refractivity (Wildman–Crippen MR) is 136 cm³/mol. The lowest BCUT2D eigenvalue weighted by Gasteiger charge is -2.25. The SMILES string of the molecule is CC(C)(Oc1ccc(Br)cc1)C(=O)Nc1ccc2oc(-c3ccc(C(C)(C)C)cc3)nc2c1. The Labute approximate surface area is 202 Å². The number of nitrogens with zero attached hydrogens (tertiary/aromatic N) is 1. The minimum Gasteiger partial charge on any atom is -0.478 e. The molecule has 0 aliphatic carbocycles. The Morgan fingerprint density at radius 3 is 2.24 bits per heavy atom. The number of rotatable bonds is 5. The first-order valence-electron chi connectivity index (χ1n) is 10.8. The molecule has 0 aliphatic heterocycles. The molecule has 1 heterocycles. The highest BCUT2D eigenvalue weighted by atomic mass is 79.9. The second-order valence-electron chi connectivity index (χ2n) is 9.55. The second-order valence-corrected chi connectivity index (χ2v) is 10.5. The Morgan fingerprint density at radius 2 is 1.61 bits per heavy atom. The van der Waals surface area contributed by atoms with Crippen LogP contribution in [0.25, 0.3) is 22.6 Å². The number of benzene rings is 3. The monoisotopic (exact) mass is 506 g/mol. The van der Waals surface area contributed by atoms with Gasteiger partial charge >= 0.3 is 0 Å². The maximum atomic E-state index is 12.9. The van der Waals surface area contributed by atoms with Crippen LogP contribution in [0.15, 0.2) is 75.6 Å². The molecule has 4 rings (SSSR count). The second kappa shape index (κ2) is 8.67. The van der Waals surface area contributed by atoms with Crippen molar-refractivity contribution in [2.24, 2.45) is 0 Å². The van der Waals surface area contributed by atoms with Crippen LogP contribution in [0.1, 0.15) is 40.2 Å². The molecule has 1 N–H and O–H groups in total. The first-order valence-corrected chi connectivity index (χ1v) is 11.6. The predicted octanol–water partition coefficient (Wildman–Crippen LogP) is 7.35. The van der Waals surface area contributed by atoms with E-state index in [9.17, 15) is 4.79 Å². The molecule has 0 aliphatic rings. The summed E-state index contributed by atoms with van der Waals surface area (Å²) < 4.78 is 12.8. The number of aromatic nitrogens is 1. The number of carbonyl (C=O) groups is 1. The van der Waals surface area contributed by atoms with Gasteiger partial charge in [-0.05, 0) is 79.4 Å². The zero-order valence-electron chi connectivity index (χ0n) is 19.4. The molecular formula is C27H27BrN2O3. The van der Waals surface area contributed by atoms with E-state index in [1.54, 1.807) is 26.0 Å². The number of halogens is 1. The fourth-order valence-corrected chi connectivity index (χ4v) is 3.63. The molecule has 0 unspecified atom stereocenters. The van der Waals surface area contributed by atoms with Crippen LogP contribution >= 0.6 is 15.9 Å². The van der Waals surface area contributed by atoms with Gasteiger partial charge in [0.2, 0.25) is 5.89 Å². The van der Waals surface area contributed by atoms with E-state index in [1.807, 2.05) is 42.5 Å². The zero-order chi connectivity index (χ0) is 23.8. The number of carbonyl (C=O) groups excluding carboxylic acids is 1. The maximum absolute atomic E-state index is 12.9. The molecular weight excluding hydrogens is 480 g/mol. The van der Waals surface area contributed by atoms with Crippen LogP contribution in [0.3, 0.4) is 0 Å². The van der Waals surface area contributed by atoms with E-state index < -0.39 is 5.60 Å². The Hall–Kier alpha value is -3.12. The van der Waals surface area contributed by atoms with Gasteiger partial charge in [-0.3, -0.25) is 4.79 Å². The minimum atomic E-state index is -1.06. The molecule has 0 radical (unpaired) electrons. The molecule has 0 saturated heterocycles. The molecule has 1 aromatic heterocycles. The van der Waals surface area contributed by atoms with Crippen LogP contribution in [-0.2, 0) is 10.2 Å². The highest BCUT2D eigenvalue weighted by Gasteiger charge is 2.30. The van der Waals surface area contributed by atoms with E-state index in [0.29, 0.717) is 28.4 Å². The Balaban J connectivity index is 1.51. The third-order valence-electron chi connectivity index (χ3n) is 5.38. The summed E-state index contributed by atoms with van der Waals surface area (Å²) in [6, 6.07) is 21.0. The lowest BCUT2D eigenvalue weighted by atomic mass is 9.87. The van der Waals surface area contributed by atoms with E-state index in [-0.39, 0.29) is 11.3 Å². The largest absolute Gasteiger partial charge is 0.478 e. The number of hydrogen-bond donors (Lipinski definition) is 1. The van der Waals surface area contributed by atoms with E-state index in [4.69, 9.17) is 9.15 Å². The van der Waals surface area contributed by atoms with E-state index in [2.05, 4.69) is 59.1 Å². The molecule has 0 bridgehead atoms. The third-order valence-corrected chi connectivity index (χ3v) is 5.91. The smallest absolute Gasteiger partial charge is 0.267 e. The van der Waals surface area contributed by atoms with Gasteiger partial charge in [0.25, 0.3) is 5.91 Å². The summed E-state index contributed by atoms with van der Waals surface area (Å²) >= 11 is 3.40. The van der Waals surface area contributed by atoms with Crippen LogP contribution in [0.4, 0.5) is 5.69 Å². The zero-order valence-corrected chi connectivity index (χ0v) is 21.0. The van der Waals surface area contributed by atoms with Crippen LogP contribution < -0.4 is 10.1 Å². The van der Waals surface area contributed by atoms with Crippen molar-refractivity contribution < 1.29 is 13.9 Å². The van der Waals surface area contributed by atoms with Crippen molar-refractivity contribution >= 4 is 38.6 Å². The quantitative estimate of drug-likeness (QED) is 0.307. The summed E-state index contributed by atoms with van der Waals surface area (Å²) in [6.45, 7) is 10.0. The molecule has 5 nitrogen and oxygen atoms in total. The molecule has 0 saturated carbocycles. The average Bonchev–Trinajstić information content (AvgIpc) is 3.18. The Morgan fingerprint density at radius 1 is 0.939 bits per heavy atom. The molecule has 0 spiro atoms. The molecule has 3 aromatic carbocycles. The lowest BCUT2D eigenvalue weighted by Crippen LogP contribution is -2.42. The minimum absolute atomic E-state index is 0.0851. The fourth-order valence-electron chi connectivity index (χ4n) is 3.37. The van der Waals surface area contributed by atoms with Gasteiger partial charge in [-0.2, -0.15) is 0 Å². The number of anilines is 1. The standard InChI is InChI=1S/C27H27BrN2O3/c1-26(2,3)18-8-6-17(7-9-18)24-30-22-16-20(12-15-23(22)32-24)29-25(31)27(4,5)33-21-13-10-19(28)11-14-21/h6-16H,1-5H3,(H,29,31). The summed E-state index contributed by atoms with van der Waals surface area (Å²) in [5, 5.41) is 2.92. The Bertz CT molecular complexity index is 1280. The molecule has 4 aromatic rings. The lowest BCUT2D eigenvalue weighted by molar-refractivity contribution is -0.128. The molecule has 170 valence electrons. The van der Waals surface area contributed by atoms with Crippen molar-refractivity contribution in [2.45, 2.75) is 45.6 Å². The molecule has 33 heavy (non-hydrogen) atoms. The topological polar surface area (TPSA) is 64.4 Å². The molecule has 6 heteroatoms. The van der Waals surface area contributed by atoms with Crippen molar-refractivity contribution in [3.05, 3.63) is 76.8 Å². The van der Waals surface area contributed by atoms with Gasteiger partial charge < -0.3 is 14.5 Å². The van der Waals surface area contributed by atoms with Gasteiger partial charge in [-0.15, -0.1) is 0 Å². The molecule has 1 amide bonds. The van der Waals surface area contributed by atoms with Crippen LogP contribution in [0.5, 0.6) is 5.75 Å². The number of fused-ring (bicyclic) bond motifs is 1. The van der Waals surface area contributed by atoms with Crippen molar-refractivity contribution in [1.82, 2.24) is 4.98 Å². The summed E-state index contributed by atoms with van der Waals surface area (Å²) in [5.41, 5.74) is 3.15. The number of oxazole rings is 1. The highest BCUT2D eigenvalue weighted by molar-refractivity contribution is 9.10. The summed E-state index contributed by atoms with van der Waals surface area (Å²) in [7, 11) is 0. The van der Waals surface area contributed by atoms with Crippen molar-refractivity contribution in [2.75, 3.05) is 5.32 Å². The van der Waals surface area contributed by atoms with E-state index in [0.717, 1.165) is 10.0 Å². The van der Waals surface area contributed by atoms with E-state index >= 15 is 0 Å². The highest BCUT2D eigenvalue weighted by Crippen LogP contribution is 2.29. The van der Waals surface area contributed by atoms with Crippen LogP contribution in [0, 0.1) is 0 Å². The van der Waals surface area contributed by atoms with Gasteiger partial charge in [0, 0.05) is 15.7 Å².